The molecule has 21 heavy (non-hydrogen) atoms. The van der Waals surface area contributed by atoms with Gasteiger partial charge in [0.1, 0.15) is 17.1 Å². The molecule has 0 unspecified atom stereocenters. The second-order valence-corrected chi connectivity index (χ2v) is 4.96. The normalized spacial score (nSPS) is 11.0. The van der Waals surface area contributed by atoms with E-state index < -0.39 is 11.4 Å². The summed E-state index contributed by atoms with van der Waals surface area (Å²) in [5.74, 6) is -0.687. The third-order valence-electron chi connectivity index (χ3n) is 3.14. The minimum Gasteiger partial charge on any atom is -0.507 e. The summed E-state index contributed by atoms with van der Waals surface area (Å²) in [6, 6.07) is 7.09. The fourth-order valence-corrected chi connectivity index (χ4v) is 2.08. The smallest absolute Gasteiger partial charge is 0.351 e. The number of aromatic hydroxyl groups is 1. The summed E-state index contributed by atoms with van der Waals surface area (Å²) in [5.41, 5.74) is 1.86. The highest BCUT2D eigenvalue weighted by Crippen LogP contribution is 2.17. The lowest BCUT2D eigenvalue weighted by Crippen LogP contribution is -2.12. The predicted molar refractivity (Wildman–Crippen MR) is 80.7 cm³/mol. The molecule has 0 amide bonds. The number of carbonyl (C=O) groups is 1. The van der Waals surface area contributed by atoms with Crippen LogP contribution in [0, 0.1) is 20.8 Å². The van der Waals surface area contributed by atoms with Crippen LogP contribution in [-0.4, -0.2) is 10.9 Å². The highest BCUT2D eigenvalue weighted by molar-refractivity contribution is 6.08. The molecule has 0 aliphatic rings. The molecule has 2 rings (SSSR count). The standard InChI is InChI=1S/C17H16O4/c1-10-4-5-13(11(2)8-10)6-7-14(18)16-15(19)9-12(3)21-17(16)20/h4-9,19H,1-3H3/b7-6+. The Morgan fingerprint density at radius 2 is 1.90 bits per heavy atom. The van der Waals surface area contributed by atoms with Crippen LogP contribution in [0.3, 0.4) is 0 Å². The lowest BCUT2D eigenvalue weighted by molar-refractivity contribution is 0.104. The van der Waals surface area contributed by atoms with E-state index in [0.29, 0.717) is 0 Å². The summed E-state index contributed by atoms with van der Waals surface area (Å²) in [6.07, 6.45) is 2.88. The lowest BCUT2D eigenvalue weighted by Gasteiger charge is -2.02. The molecule has 0 radical (unpaired) electrons. The van der Waals surface area contributed by atoms with Crippen molar-refractivity contribution in [1.29, 1.82) is 0 Å². The van der Waals surface area contributed by atoms with Gasteiger partial charge >= 0.3 is 5.63 Å². The van der Waals surface area contributed by atoms with E-state index in [-0.39, 0.29) is 17.1 Å². The van der Waals surface area contributed by atoms with Gasteiger partial charge < -0.3 is 9.52 Å². The van der Waals surface area contributed by atoms with Crippen molar-refractivity contribution in [3.63, 3.8) is 0 Å². The molecule has 1 aromatic carbocycles. The molecule has 0 saturated carbocycles. The van der Waals surface area contributed by atoms with Crippen molar-refractivity contribution in [1.82, 2.24) is 0 Å². The molecule has 1 N–H and O–H groups in total. The zero-order valence-electron chi connectivity index (χ0n) is 12.1. The molecule has 2 aromatic rings. The number of hydrogen-bond donors (Lipinski definition) is 1. The molecule has 4 heteroatoms. The SMILES string of the molecule is Cc1ccc(/C=C/C(=O)c2c(O)cc(C)oc2=O)c(C)c1. The van der Waals surface area contributed by atoms with Crippen LogP contribution >= 0.6 is 0 Å². The second kappa shape index (κ2) is 5.79. The van der Waals surface area contributed by atoms with Crippen molar-refractivity contribution in [2.75, 3.05) is 0 Å². The first kappa shape index (κ1) is 14.8. The van der Waals surface area contributed by atoms with E-state index in [0.717, 1.165) is 16.7 Å². The van der Waals surface area contributed by atoms with Crippen LogP contribution in [0.4, 0.5) is 0 Å². The van der Waals surface area contributed by atoms with Crippen LogP contribution in [-0.2, 0) is 0 Å². The zero-order valence-corrected chi connectivity index (χ0v) is 12.1. The van der Waals surface area contributed by atoms with Gasteiger partial charge in [-0.2, -0.15) is 0 Å². The zero-order chi connectivity index (χ0) is 15.6. The van der Waals surface area contributed by atoms with E-state index in [9.17, 15) is 14.7 Å². The third-order valence-corrected chi connectivity index (χ3v) is 3.14. The average molecular weight is 284 g/mol. The Labute approximate surface area is 122 Å². The molecule has 108 valence electrons. The topological polar surface area (TPSA) is 67.5 Å². The molecular formula is C17H16O4. The number of aryl methyl sites for hydroxylation is 3. The minimum absolute atomic E-state index is 0.257. The first-order valence-electron chi connectivity index (χ1n) is 6.52. The van der Waals surface area contributed by atoms with Crippen molar-refractivity contribution in [3.05, 3.63) is 68.8 Å². The monoisotopic (exact) mass is 284 g/mol. The molecular weight excluding hydrogens is 268 g/mol. The fourth-order valence-electron chi connectivity index (χ4n) is 2.08. The number of hydrogen-bond acceptors (Lipinski definition) is 4. The van der Waals surface area contributed by atoms with Crippen molar-refractivity contribution in [3.8, 4) is 5.75 Å². The molecule has 0 atom stereocenters. The van der Waals surface area contributed by atoms with Crippen LogP contribution < -0.4 is 5.63 Å². The van der Waals surface area contributed by atoms with E-state index in [1.54, 1.807) is 6.08 Å². The van der Waals surface area contributed by atoms with Crippen LogP contribution in [0.25, 0.3) is 6.08 Å². The van der Waals surface area contributed by atoms with Crippen LogP contribution in [0.15, 0.2) is 39.6 Å². The average Bonchev–Trinajstić information content (AvgIpc) is 2.36. The second-order valence-electron chi connectivity index (χ2n) is 4.96. The van der Waals surface area contributed by atoms with Crippen LogP contribution in [0.5, 0.6) is 5.75 Å². The van der Waals surface area contributed by atoms with Crippen molar-refractivity contribution in [2.24, 2.45) is 0 Å². The molecule has 0 spiro atoms. The van der Waals surface area contributed by atoms with Gasteiger partial charge in [0.2, 0.25) is 0 Å². The Kier molecular flexibility index (Phi) is 4.08. The van der Waals surface area contributed by atoms with Crippen molar-refractivity contribution >= 4 is 11.9 Å². The quantitative estimate of drug-likeness (QED) is 0.694. The van der Waals surface area contributed by atoms with Crippen LogP contribution in [0.1, 0.15) is 32.8 Å². The summed E-state index contributed by atoms with van der Waals surface area (Å²) < 4.78 is 4.83. The van der Waals surface area contributed by atoms with Gasteiger partial charge in [0.05, 0.1) is 0 Å². The number of benzene rings is 1. The number of allylic oxidation sites excluding steroid dienone is 1. The highest BCUT2D eigenvalue weighted by Gasteiger charge is 2.15. The Morgan fingerprint density at radius 3 is 2.52 bits per heavy atom. The van der Waals surface area contributed by atoms with Gasteiger partial charge in [-0.25, -0.2) is 4.79 Å². The largest absolute Gasteiger partial charge is 0.507 e. The Hall–Kier alpha value is -2.62. The van der Waals surface area contributed by atoms with Gasteiger partial charge in [-0.1, -0.05) is 29.8 Å². The molecule has 0 fully saturated rings. The van der Waals surface area contributed by atoms with Gasteiger partial charge in [0.25, 0.3) is 0 Å². The first-order valence-corrected chi connectivity index (χ1v) is 6.52. The molecule has 0 saturated heterocycles. The van der Waals surface area contributed by atoms with Gasteiger partial charge in [0, 0.05) is 6.07 Å². The maximum atomic E-state index is 12.0. The summed E-state index contributed by atoms with van der Waals surface area (Å²) in [7, 11) is 0. The Bertz CT molecular complexity index is 782. The molecule has 0 bridgehead atoms. The van der Waals surface area contributed by atoms with Gasteiger partial charge in [0.15, 0.2) is 5.78 Å². The number of carbonyl (C=O) groups excluding carboxylic acids is 1. The molecule has 4 nitrogen and oxygen atoms in total. The van der Waals surface area contributed by atoms with E-state index in [1.165, 1.54) is 19.1 Å². The maximum Gasteiger partial charge on any atom is 0.351 e. The first-order chi connectivity index (χ1) is 9.88. The van der Waals surface area contributed by atoms with E-state index in [4.69, 9.17) is 4.42 Å². The molecule has 1 aromatic heterocycles. The number of rotatable bonds is 3. The van der Waals surface area contributed by atoms with Crippen molar-refractivity contribution < 1.29 is 14.3 Å². The van der Waals surface area contributed by atoms with Gasteiger partial charge in [-0.05, 0) is 38.0 Å². The summed E-state index contributed by atoms with van der Waals surface area (Å²) in [5, 5.41) is 9.72. The Balaban J connectivity index is 2.34. The Morgan fingerprint density at radius 1 is 1.19 bits per heavy atom. The lowest BCUT2D eigenvalue weighted by atomic mass is 10.0. The van der Waals surface area contributed by atoms with Gasteiger partial charge in [-0.3, -0.25) is 4.79 Å². The maximum absolute atomic E-state index is 12.0. The van der Waals surface area contributed by atoms with E-state index >= 15 is 0 Å². The number of ketones is 1. The van der Waals surface area contributed by atoms with Crippen molar-refractivity contribution in [2.45, 2.75) is 20.8 Å². The summed E-state index contributed by atoms with van der Waals surface area (Å²) >= 11 is 0. The van der Waals surface area contributed by atoms with E-state index in [2.05, 4.69) is 0 Å². The third kappa shape index (κ3) is 3.28. The van der Waals surface area contributed by atoms with Gasteiger partial charge in [-0.15, -0.1) is 0 Å². The summed E-state index contributed by atoms with van der Waals surface area (Å²) in [6.45, 7) is 5.46. The molecule has 1 heterocycles. The summed E-state index contributed by atoms with van der Waals surface area (Å²) in [4.78, 5) is 23.7. The molecule has 0 aliphatic heterocycles. The highest BCUT2D eigenvalue weighted by atomic mass is 16.4. The predicted octanol–water partition coefficient (Wildman–Crippen LogP) is 3.17. The van der Waals surface area contributed by atoms with Crippen LogP contribution in [0.2, 0.25) is 0 Å². The fraction of sp³-hybridized carbons (Fsp3) is 0.176. The molecule has 0 aliphatic carbocycles. The minimum atomic E-state index is -0.831. The van der Waals surface area contributed by atoms with E-state index in [1.807, 2.05) is 32.0 Å².